The molecule has 0 atom stereocenters. The molecule has 0 fully saturated rings. The molecular weight excluding hydrogens is 332 g/mol. The summed E-state index contributed by atoms with van der Waals surface area (Å²) in [5.74, 6) is 0. The van der Waals surface area contributed by atoms with E-state index in [4.69, 9.17) is 11.6 Å². The summed E-state index contributed by atoms with van der Waals surface area (Å²) in [7, 11) is -2.77. The van der Waals surface area contributed by atoms with Crippen LogP contribution >= 0.6 is 11.6 Å². The highest BCUT2D eigenvalue weighted by Gasteiger charge is 2.23. The minimum atomic E-state index is -1.41. The molecule has 0 unspecified atom stereocenters. The maximum Gasteiger partial charge on any atom is 0.0784 e. The molecular formula is C20H27ClSi2. The summed E-state index contributed by atoms with van der Waals surface area (Å²) in [4.78, 5) is 0. The zero-order chi connectivity index (χ0) is 17.3. The van der Waals surface area contributed by atoms with E-state index in [1.807, 2.05) is 12.1 Å². The van der Waals surface area contributed by atoms with Crippen LogP contribution in [-0.2, 0) is 0 Å². The Bertz CT molecular complexity index is 702. The standard InChI is InChI=1S/C20H27ClSi2/c1-22(2,3)15-19(16-11-13-17(21)14-12-16)18-9-7-8-10-20(18)23(4,5)6/h7-15H,1-6H3/b19-15-. The normalized spacial score (nSPS) is 13.3. The predicted molar refractivity (Wildman–Crippen MR) is 111 cm³/mol. The third-order valence-corrected chi connectivity index (χ3v) is 7.22. The first-order valence-electron chi connectivity index (χ1n) is 8.17. The SMILES string of the molecule is C[Si](C)(C)/C=C(/c1ccc(Cl)cc1)c1ccccc1[Si](C)(C)C. The fraction of sp³-hybridized carbons (Fsp3) is 0.300. The van der Waals surface area contributed by atoms with Crippen LogP contribution in [0.15, 0.2) is 54.2 Å². The van der Waals surface area contributed by atoms with Gasteiger partial charge in [-0.25, -0.2) is 0 Å². The Hall–Kier alpha value is -1.10. The van der Waals surface area contributed by atoms with Gasteiger partial charge in [-0.2, -0.15) is 0 Å². The summed E-state index contributed by atoms with van der Waals surface area (Å²) in [6.07, 6.45) is 0. The fourth-order valence-corrected chi connectivity index (χ4v) is 5.69. The zero-order valence-corrected chi connectivity index (χ0v) is 17.8. The Kier molecular flexibility index (Phi) is 5.39. The lowest BCUT2D eigenvalue weighted by Crippen LogP contribution is -2.40. The highest BCUT2D eigenvalue weighted by molar-refractivity contribution is 6.89. The molecule has 0 aliphatic rings. The average Bonchev–Trinajstić information content (AvgIpc) is 2.44. The molecule has 0 heterocycles. The molecule has 0 aliphatic carbocycles. The average molecular weight is 359 g/mol. The third-order valence-electron chi connectivity index (χ3n) is 3.76. The van der Waals surface area contributed by atoms with Crippen LogP contribution in [0, 0.1) is 0 Å². The van der Waals surface area contributed by atoms with Crippen molar-refractivity contribution in [2.75, 3.05) is 0 Å². The summed E-state index contributed by atoms with van der Waals surface area (Å²) in [6.45, 7) is 14.4. The van der Waals surface area contributed by atoms with E-state index >= 15 is 0 Å². The summed E-state index contributed by atoms with van der Waals surface area (Å²) in [6, 6.07) is 17.2. The number of benzene rings is 2. The second-order valence-corrected chi connectivity index (χ2v) is 18.7. The molecule has 0 N–H and O–H groups in total. The van der Waals surface area contributed by atoms with Gasteiger partial charge < -0.3 is 0 Å². The molecule has 0 aliphatic heterocycles. The van der Waals surface area contributed by atoms with E-state index in [9.17, 15) is 0 Å². The van der Waals surface area contributed by atoms with Gasteiger partial charge in [-0.05, 0) is 28.8 Å². The predicted octanol–water partition coefficient (Wildman–Crippen LogP) is 6.19. The van der Waals surface area contributed by atoms with Crippen molar-refractivity contribution in [3.8, 4) is 0 Å². The van der Waals surface area contributed by atoms with Gasteiger partial charge in [0, 0.05) is 5.02 Å². The lowest BCUT2D eigenvalue weighted by molar-refractivity contribution is 1.55. The van der Waals surface area contributed by atoms with Crippen LogP contribution in [0.3, 0.4) is 0 Å². The summed E-state index contributed by atoms with van der Waals surface area (Å²) in [5.41, 5.74) is 6.56. The smallest absolute Gasteiger partial charge is 0.0784 e. The highest BCUT2D eigenvalue weighted by atomic mass is 35.5. The number of halogens is 1. The largest absolute Gasteiger partial charge is 0.0867 e. The molecule has 2 rings (SSSR count). The molecule has 3 heteroatoms. The van der Waals surface area contributed by atoms with E-state index in [1.165, 1.54) is 21.9 Å². The van der Waals surface area contributed by atoms with Crippen LogP contribution < -0.4 is 5.19 Å². The van der Waals surface area contributed by atoms with Gasteiger partial charge in [0.25, 0.3) is 0 Å². The zero-order valence-electron chi connectivity index (χ0n) is 15.1. The van der Waals surface area contributed by atoms with Crippen molar-refractivity contribution in [3.63, 3.8) is 0 Å². The van der Waals surface area contributed by atoms with Gasteiger partial charge in [0.15, 0.2) is 0 Å². The molecule has 0 spiro atoms. The maximum absolute atomic E-state index is 6.10. The molecule has 2 aromatic rings. The van der Waals surface area contributed by atoms with Gasteiger partial charge in [0.05, 0.1) is 16.1 Å². The molecule has 0 saturated heterocycles. The molecule has 0 nitrogen and oxygen atoms in total. The van der Waals surface area contributed by atoms with Crippen molar-refractivity contribution in [1.29, 1.82) is 0 Å². The lowest BCUT2D eigenvalue weighted by Gasteiger charge is -2.24. The molecule has 0 amide bonds. The minimum absolute atomic E-state index is 0.791. The van der Waals surface area contributed by atoms with E-state index in [0.29, 0.717) is 0 Å². The highest BCUT2D eigenvalue weighted by Crippen LogP contribution is 2.27. The first kappa shape index (κ1) is 18.2. The monoisotopic (exact) mass is 358 g/mol. The Balaban J connectivity index is 2.70. The van der Waals surface area contributed by atoms with Gasteiger partial charge in [-0.1, -0.05) is 98.2 Å². The van der Waals surface area contributed by atoms with Crippen LogP contribution in [0.1, 0.15) is 11.1 Å². The van der Waals surface area contributed by atoms with Crippen molar-refractivity contribution in [1.82, 2.24) is 0 Å². The molecule has 0 radical (unpaired) electrons. The van der Waals surface area contributed by atoms with Gasteiger partial charge in [-0.3, -0.25) is 0 Å². The molecule has 0 bridgehead atoms. The van der Waals surface area contributed by atoms with E-state index in [-0.39, 0.29) is 0 Å². The van der Waals surface area contributed by atoms with E-state index < -0.39 is 16.1 Å². The summed E-state index contributed by atoms with van der Waals surface area (Å²) in [5, 5.41) is 2.32. The fourth-order valence-electron chi connectivity index (χ4n) is 2.75. The lowest BCUT2D eigenvalue weighted by atomic mass is 9.99. The van der Waals surface area contributed by atoms with E-state index in [2.05, 4.69) is 81.4 Å². The van der Waals surface area contributed by atoms with Gasteiger partial charge in [0.1, 0.15) is 0 Å². The second-order valence-electron chi connectivity index (χ2n) is 8.23. The van der Waals surface area contributed by atoms with Gasteiger partial charge in [-0.15, -0.1) is 0 Å². The van der Waals surface area contributed by atoms with Crippen molar-refractivity contribution in [2.24, 2.45) is 0 Å². The van der Waals surface area contributed by atoms with Crippen molar-refractivity contribution >= 4 is 38.5 Å². The first-order valence-corrected chi connectivity index (χ1v) is 15.6. The summed E-state index contributed by atoms with van der Waals surface area (Å²) >= 11 is 6.10. The van der Waals surface area contributed by atoms with Crippen LogP contribution in [0.25, 0.3) is 5.57 Å². The van der Waals surface area contributed by atoms with Crippen LogP contribution in [0.4, 0.5) is 0 Å². The Morgan fingerprint density at radius 2 is 1.39 bits per heavy atom. The molecule has 0 saturated carbocycles. The first-order chi connectivity index (χ1) is 10.6. The number of hydrogen-bond donors (Lipinski definition) is 0. The number of hydrogen-bond acceptors (Lipinski definition) is 0. The van der Waals surface area contributed by atoms with Crippen LogP contribution in [0.5, 0.6) is 0 Å². The van der Waals surface area contributed by atoms with Gasteiger partial charge in [0.2, 0.25) is 0 Å². The summed E-state index contributed by atoms with van der Waals surface area (Å²) < 4.78 is 0. The topological polar surface area (TPSA) is 0 Å². The van der Waals surface area contributed by atoms with Gasteiger partial charge >= 0.3 is 0 Å². The van der Waals surface area contributed by atoms with E-state index in [0.717, 1.165) is 5.02 Å². The van der Waals surface area contributed by atoms with Crippen LogP contribution in [-0.4, -0.2) is 16.1 Å². The molecule has 23 heavy (non-hydrogen) atoms. The van der Waals surface area contributed by atoms with Crippen molar-refractivity contribution < 1.29 is 0 Å². The number of rotatable bonds is 4. The molecule has 2 aromatic carbocycles. The Morgan fingerprint density at radius 1 is 0.826 bits per heavy atom. The Labute approximate surface area is 148 Å². The minimum Gasteiger partial charge on any atom is -0.0867 e. The third kappa shape index (κ3) is 4.94. The second kappa shape index (κ2) is 6.80. The van der Waals surface area contributed by atoms with E-state index in [1.54, 1.807) is 0 Å². The quantitative estimate of drug-likeness (QED) is 0.571. The maximum atomic E-state index is 6.10. The molecule has 122 valence electrons. The molecule has 0 aromatic heterocycles. The van der Waals surface area contributed by atoms with Crippen molar-refractivity contribution in [3.05, 3.63) is 70.4 Å². The van der Waals surface area contributed by atoms with Crippen LogP contribution in [0.2, 0.25) is 44.3 Å². The van der Waals surface area contributed by atoms with Crippen molar-refractivity contribution in [2.45, 2.75) is 39.3 Å². The Morgan fingerprint density at radius 3 is 1.91 bits per heavy atom.